The molecule has 2 N–H and O–H groups in total. The summed E-state index contributed by atoms with van der Waals surface area (Å²) in [6.07, 6.45) is 4.15. The van der Waals surface area contributed by atoms with E-state index < -0.39 is 0 Å². The molecule has 0 bridgehead atoms. The number of carbonyl (C=O) groups excluding carboxylic acids is 1. The van der Waals surface area contributed by atoms with Crippen LogP contribution in [0.1, 0.15) is 43.5 Å². The second-order valence-electron chi connectivity index (χ2n) is 6.49. The fourth-order valence-corrected chi connectivity index (χ4v) is 3.99. The molecule has 0 saturated heterocycles. The Labute approximate surface area is 166 Å². The van der Waals surface area contributed by atoms with E-state index in [1.165, 1.54) is 4.88 Å². The van der Waals surface area contributed by atoms with E-state index in [-0.39, 0.29) is 41.3 Å². The topological polar surface area (TPSA) is 56.7 Å². The van der Waals surface area contributed by atoms with E-state index in [9.17, 15) is 4.79 Å². The van der Waals surface area contributed by atoms with E-state index in [0.717, 1.165) is 31.6 Å². The Bertz CT molecular complexity index is 539. The minimum absolute atomic E-state index is 0. The first kappa shape index (κ1) is 21.2. The molecule has 1 atom stereocenters. The molecule has 1 aliphatic rings. The Balaban J connectivity index is 0.00000288. The fourth-order valence-electron chi connectivity index (χ4n) is 3.25. The summed E-state index contributed by atoms with van der Waals surface area (Å²) in [5.41, 5.74) is -0.284. The van der Waals surface area contributed by atoms with Crippen LogP contribution in [0.15, 0.2) is 22.5 Å². The predicted octanol–water partition coefficient (Wildman–Crippen LogP) is 3.24. The molecular weight excluding hydrogens is 435 g/mol. The average molecular weight is 464 g/mol. The molecule has 136 valence electrons. The van der Waals surface area contributed by atoms with Gasteiger partial charge in [0.15, 0.2) is 5.96 Å². The summed E-state index contributed by atoms with van der Waals surface area (Å²) in [5, 5.41) is 8.86. The number of guanidine groups is 1. The van der Waals surface area contributed by atoms with Gasteiger partial charge in [-0.15, -0.1) is 35.3 Å². The normalized spacial score (nSPS) is 17.8. The lowest BCUT2D eigenvalue weighted by Gasteiger charge is -2.31. The number of aliphatic imine (C=N–C) groups is 1. The van der Waals surface area contributed by atoms with Gasteiger partial charge in [0.05, 0.1) is 11.5 Å². The van der Waals surface area contributed by atoms with Crippen LogP contribution in [0.5, 0.6) is 0 Å². The first-order valence-electron chi connectivity index (χ1n) is 8.21. The zero-order chi connectivity index (χ0) is 16.9. The maximum atomic E-state index is 12.6. The highest BCUT2D eigenvalue weighted by atomic mass is 127. The first-order chi connectivity index (χ1) is 11.0. The summed E-state index contributed by atoms with van der Waals surface area (Å²) in [4.78, 5) is 19.9. The Hall–Kier alpha value is -0.830. The van der Waals surface area contributed by atoms with Gasteiger partial charge < -0.3 is 15.5 Å². The van der Waals surface area contributed by atoms with Gasteiger partial charge in [-0.25, -0.2) is 0 Å². The van der Waals surface area contributed by atoms with Crippen molar-refractivity contribution in [2.24, 2.45) is 10.4 Å². The van der Waals surface area contributed by atoms with Crippen LogP contribution in [0.4, 0.5) is 0 Å². The molecule has 24 heavy (non-hydrogen) atoms. The number of hydrogen-bond acceptors (Lipinski definition) is 3. The predicted molar refractivity (Wildman–Crippen MR) is 112 cm³/mol. The van der Waals surface area contributed by atoms with E-state index in [2.05, 4.69) is 40.1 Å². The van der Waals surface area contributed by atoms with Gasteiger partial charge >= 0.3 is 0 Å². The lowest BCUT2D eigenvalue weighted by molar-refractivity contribution is -0.138. The zero-order valence-corrected chi connectivity index (χ0v) is 18.1. The summed E-state index contributed by atoms with van der Waals surface area (Å²) in [6, 6.07) is 4.37. The minimum Gasteiger partial charge on any atom is -0.355 e. The van der Waals surface area contributed by atoms with Gasteiger partial charge in [-0.2, -0.15) is 0 Å². The van der Waals surface area contributed by atoms with Gasteiger partial charge in [0, 0.05) is 32.6 Å². The van der Waals surface area contributed by atoms with Crippen molar-refractivity contribution >= 4 is 47.2 Å². The van der Waals surface area contributed by atoms with Gasteiger partial charge in [0.25, 0.3) is 0 Å². The van der Waals surface area contributed by atoms with E-state index >= 15 is 0 Å². The third kappa shape index (κ3) is 5.08. The van der Waals surface area contributed by atoms with Crippen LogP contribution in [0.3, 0.4) is 0 Å². The molecule has 1 unspecified atom stereocenters. The Morgan fingerprint density at radius 2 is 2.08 bits per heavy atom. The van der Waals surface area contributed by atoms with Crippen LogP contribution in [0.2, 0.25) is 0 Å². The smallest absolute Gasteiger partial charge is 0.230 e. The van der Waals surface area contributed by atoms with Crippen molar-refractivity contribution in [3.63, 3.8) is 0 Å². The number of nitrogens with one attached hydrogen (secondary N) is 2. The van der Waals surface area contributed by atoms with Gasteiger partial charge in [-0.05, 0) is 31.2 Å². The third-order valence-corrected chi connectivity index (χ3v) is 5.62. The Morgan fingerprint density at radius 1 is 1.42 bits per heavy atom. The number of rotatable bonds is 5. The molecule has 0 radical (unpaired) electrons. The number of amides is 1. The van der Waals surface area contributed by atoms with Crippen LogP contribution in [0.25, 0.3) is 0 Å². The van der Waals surface area contributed by atoms with Crippen LogP contribution in [-0.2, 0) is 4.79 Å². The highest BCUT2D eigenvalue weighted by Crippen LogP contribution is 2.38. The van der Waals surface area contributed by atoms with Gasteiger partial charge in [0.1, 0.15) is 0 Å². The van der Waals surface area contributed by atoms with Gasteiger partial charge in [-0.1, -0.05) is 18.9 Å². The molecule has 1 amide bonds. The molecule has 0 spiro atoms. The molecule has 5 nitrogen and oxygen atoms in total. The van der Waals surface area contributed by atoms with Crippen LogP contribution in [-0.4, -0.2) is 44.5 Å². The largest absolute Gasteiger partial charge is 0.355 e. The monoisotopic (exact) mass is 464 g/mol. The standard InChI is InChI=1S/C17H28N4OS.HI/c1-13(14-8-7-11-23-14)20-16(18-2)19-12-17(9-5-6-10-17)15(22)21(3)4;/h7-8,11,13H,5-6,9-10,12H2,1-4H3,(H2,18,19,20);1H. The molecule has 7 heteroatoms. The van der Waals surface area contributed by atoms with Gasteiger partial charge in [0.2, 0.25) is 5.91 Å². The molecule has 2 rings (SSSR count). The maximum absolute atomic E-state index is 12.6. The summed E-state index contributed by atoms with van der Waals surface area (Å²) in [5.74, 6) is 0.980. The maximum Gasteiger partial charge on any atom is 0.230 e. The summed E-state index contributed by atoms with van der Waals surface area (Å²) < 4.78 is 0. The number of hydrogen-bond donors (Lipinski definition) is 2. The second-order valence-corrected chi connectivity index (χ2v) is 7.47. The van der Waals surface area contributed by atoms with Crippen LogP contribution >= 0.6 is 35.3 Å². The van der Waals surface area contributed by atoms with Crippen molar-refractivity contribution in [2.75, 3.05) is 27.7 Å². The molecule has 0 aromatic carbocycles. The van der Waals surface area contributed by atoms with Crippen molar-refractivity contribution in [1.82, 2.24) is 15.5 Å². The Kier molecular flexibility index (Phi) is 8.49. The molecular formula is C17H29IN4OS. The van der Waals surface area contributed by atoms with E-state index in [1.807, 2.05) is 14.1 Å². The molecule has 1 heterocycles. The quantitative estimate of drug-likeness (QED) is 0.400. The number of thiophene rings is 1. The molecule has 1 aromatic heterocycles. The molecule has 1 aliphatic carbocycles. The fraction of sp³-hybridized carbons (Fsp3) is 0.647. The van der Waals surface area contributed by atoms with Crippen molar-refractivity contribution in [3.8, 4) is 0 Å². The lowest BCUT2D eigenvalue weighted by atomic mass is 9.84. The van der Waals surface area contributed by atoms with Crippen molar-refractivity contribution in [3.05, 3.63) is 22.4 Å². The Morgan fingerprint density at radius 3 is 2.58 bits per heavy atom. The zero-order valence-electron chi connectivity index (χ0n) is 15.0. The van der Waals surface area contributed by atoms with E-state index in [4.69, 9.17) is 0 Å². The highest BCUT2D eigenvalue weighted by molar-refractivity contribution is 14.0. The van der Waals surface area contributed by atoms with E-state index in [0.29, 0.717) is 6.54 Å². The van der Waals surface area contributed by atoms with Crippen molar-refractivity contribution in [2.45, 2.75) is 38.6 Å². The van der Waals surface area contributed by atoms with Gasteiger partial charge in [-0.3, -0.25) is 9.79 Å². The number of nitrogens with zero attached hydrogens (tertiary/aromatic N) is 2. The summed E-state index contributed by atoms with van der Waals surface area (Å²) >= 11 is 1.73. The highest BCUT2D eigenvalue weighted by Gasteiger charge is 2.42. The molecule has 1 fully saturated rings. The first-order valence-corrected chi connectivity index (χ1v) is 9.09. The van der Waals surface area contributed by atoms with Crippen LogP contribution < -0.4 is 10.6 Å². The molecule has 0 aliphatic heterocycles. The minimum atomic E-state index is -0.284. The lowest BCUT2D eigenvalue weighted by Crippen LogP contribution is -2.49. The van der Waals surface area contributed by atoms with Crippen LogP contribution in [0, 0.1) is 5.41 Å². The SMILES string of the molecule is CN=C(NCC1(C(=O)N(C)C)CCCC1)NC(C)c1cccs1.I. The van der Waals surface area contributed by atoms with Crippen molar-refractivity contribution in [1.29, 1.82) is 0 Å². The van der Waals surface area contributed by atoms with Crippen molar-refractivity contribution < 1.29 is 4.79 Å². The number of carbonyl (C=O) groups is 1. The molecule has 1 aromatic rings. The summed E-state index contributed by atoms with van der Waals surface area (Å²) in [6.45, 7) is 2.76. The second kappa shape index (κ2) is 9.60. The van der Waals surface area contributed by atoms with E-state index in [1.54, 1.807) is 23.3 Å². The number of halogens is 1. The third-order valence-electron chi connectivity index (χ3n) is 4.56. The average Bonchev–Trinajstić information content (AvgIpc) is 3.22. The molecule has 1 saturated carbocycles. The summed E-state index contributed by atoms with van der Waals surface area (Å²) in [7, 11) is 5.45.